The summed E-state index contributed by atoms with van der Waals surface area (Å²) in [6, 6.07) is 21.5. The second-order valence-corrected chi connectivity index (χ2v) is 11.2. The van der Waals surface area contributed by atoms with E-state index in [-0.39, 0.29) is 5.91 Å². The lowest BCUT2D eigenvalue weighted by Crippen LogP contribution is -2.50. The molecule has 1 aliphatic rings. The Balaban J connectivity index is 1.27. The average molecular weight is 588 g/mol. The minimum Gasteiger partial charge on any atom is -0.497 e. The van der Waals surface area contributed by atoms with E-state index in [1.165, 1.54) is 11.9 Å². The van der Waals surface area contributed by atoms with E-state index in [0.29, 0.717) is 35.7 Å². The molecule has 1 aromatic heterocycles. The fraction of sp³-hybridized carbons (Fsp3) is 0.323. The highest BCUT2D eigenvalue weighted by Gasteiger charge is 2.20. The maximum atomic E-state index is 12.8. The summed E-state index contributed by atoms with van der Waals surface area (Å²) in [5, 5.41) is 6.41. The number of anilines is 4. The van der Waals surface area contributed by atoms with Gasteiger partial charge in [-0.15, -0.1) is 0 Å². The Morgan fingerprint density at radius 1 is 0.857 bits per heavy atom. The highest BCUT2D eigenvalue weighted by Crippen LogP contribution is 2.32. The molecule has 4 aromatic rings. The topological polar surface area (TPSA) is 104 Å². The zero-order valence-corrected chi connectivity index (χ0v) is 25.2. The molecule has 0 unspecified atom stereocenters. The molecule has 3 N–H and O–H groups in total. The maximum Gasteiger partial charge on any atom is 0.238 e. The van der Waals surface area contributed by atoms with Gasteiger partial charge in [0, 0.05) is 66.7 Å². The lowest BCUT2D eigenvalue weighted by Gasteiger charge is -2.36. The van der Waals surface area contributed by atoms with Crippen molar-refractivity contribution in [2.75, 3.05) is 62.3 Å². The normalized spacial score (nSPS) is 14.1. The first-order chi connectivity index (χ1) is 20.4. The molecule has 220 valence electrons. The van der Waals surface area contributed by atoms with Gasteiger partial charge in [0.15, 0.2) is 11.6 Å². The summed E-state index contributed by atoms with van der Waals surface area (Å²) >= 11 is 1.39. The lowest BCUT2D eigenvalue weighted by molar-refractivity contribution is -0.117. The Kier molecular flexibility index (Phi) is 9.63. The predicted molar refractivity (Wildman–Crippen MR) is 170 cm³/mol. The monoisotopic (exact) mass is 587 g/mol. The summed E-state index contributed by atoms with van der Waals surface area (Å²) in [5.74, 6) is 2.43. The van der Waals surface area contributed by atoms with Crippen molar-refractivity contribution in [1.29, 1.82) is 0 Å². The second kappa shape index (κ2) is 13.7. The van der Waals surface area contributed by atoms with Crippen LogP contribution < -0.4 is 24.8 Å². The average Bonchev–Trinajstić information content (AvgIpc) is 3.00. The molecule has 0 atom stereocenters. The van der Waals surface area contributed by atoms with Gasteiger partial charge in [-0.1, -0.05) is 18.2 Å². The van der Waals surface area contributed by atoms with Crippen LogP contribution in [0.3, 0.4) is 0 Å². The molecule has 42 heavy (non-hydrogen) atoms. The SMILES string of the molecule is COc1cc(Nc2nc3ccccc3nc2NSc2cccc(NC(=O)CN3CCN(C(C)C)CC3)c2)cc(OC)c1. The number of para-hydroxylation sites is 2. The molecule has 11 heteroatoms. The Bertz CT molecular complexity index is 1500. The van der Waals surface area contributed by atoms with E-state index in [9.17, 15) is 4.79 Å². The standard InChI is InChI=1S/C31H37N7O3S/c1-21(2)38-14-12-37(13-15-38)20-29(39)32-22-8-7-9-26(18-22)42-36-31-30(34-27-10-5-6-11-28(27)35-31)33-23-16-24(40-3)19-25(17-23)41-4/h5-11,16-19,21H,12-15,20H2,1-4H3,(H,32,39)(H,33,34)(H,35,36). The maximum absolute atomic E-state index is 12.8. The number of rotatable bonds is 11. The van der Waals surface area contributed by atoms with Crippen molar-refractivity contribution < 1.29 is 14.3 Å². The number of nitrogens with zero attached hydrogens (tertiary/aromatic N) is 4. The number of aromatic nitrogens is 2. The molecule has 0 saturated carbocycles. The van der Waals surface area contributed by atoms with Crippen LogP contribution in [0.25, 0.3) is 11.0 Å². The molecule has 2 heterocycles. The van der Waals surface area contributed by atoms with Gasteiger partial charge in [0.05, 0.1) is 31.8 Å². The summed E-state index contributed by atoms with van der Waals surface area (Å²) < 4.78 is 14.2. The van der Waals surface area contributed by atoms with E-state index < -0.39 is 0 Å². The van der Waals surface area contributed by atoms with Gasteiger partial charge >= 0.3 is 0 Å². The van der Waals surface area contributed by atoms with Crippen LogP contribution in [-0.2, 0) is 4.79 Å². The first kappa shape index (κ1) is 29.4. The van der Waals surface area contributed by atoms with E-state index in [1.54, 1.807) is 14.2 Å². The van der Waals surface area contributed by atoms with Crippen LogP contribution in [0.2, 0.25) is 0 Å². The van der Waals surface area contributed by atoms with Crippen LogP contribution in [0.1, 0.15) is 13.8 Å². The van der Waals surface area contributed by atoms with Gasteiger partial charge in [-0.25, -0.2) is 9.97 Å². The molecule has 1 aliphatic heterocycles. The number of carbonyl (C=O) groups excluding carboxylic acids is 1. The number of hydrogen-bond acceptors (Lipinski definition) is 10. The van der Waals surface area contributed by atoms with E-state index in [1.807, 2.05) is 66.7 Å². The van der Waals surface area contributed by atoms with E-state index in [4.69, 9.17) is 19.4 Å². The van der Waals surface area contributed by atoms with E-state index in [0.717, 1.165) is 53.5 Å². The summed E-state index contributed by atoms with van der Waals surface area (Å²) in [5.41, 5.74) is 3.03. The molecule has 1 saturated heterocycles. The highest BCUT2D eigenvalue weighted by molar-refractivity contribution is 8.00. The van der Waals surface area contributed by atoms with Crippen LogP contribution in [0.15, 0.2) is 71.6 Å². The molecular weight excluding hydrogens is 550 g/mol. The van der Waals surface area contributed by atoms with Gasteiger partial charge in [0.25, 0.3) is 0 Å². The van der Waals surface area contributed by atoms with Gasteiger partial charge in [-0.2, -0.15) is 0 Å². The molecule has 0 bridgehead atoms. The van der Waals surface area contributed by atoms with E-state index >= 15 is 0 Å². The van der Waals surface area contributed by atoms with Crippen molar-refractivity contribution in [1.82, 2.24) is 19.8 Å². The van der Waals surface area contributed by atoms with Crippen LogP contribution in [0.5, 0.6) is 11.5 Å². The quantitative estimate of drug-likeness (QED) is 0.196. The second-order valence-electron chi connectivity index (χ2n) is 10.3. The van der Waals surface area contributed by atoms with Crippen molar-refractivity contribution in [3.63, 3.8) is 0 Å². The van der Waals surface area contributed by atoms with Gasteiger partial charge in [-0.3, -0.25) is 14.6 Å². The van der Waals surface area contributed by atoms with E-state index in [2.05, 4.69) is 39.0 Å². The van der Waals surface area contributed by atoms with Crippen LogP contribution in [0, 0.1) is 0 Å². The summed E-state index contributed by atoms with van der Waals surface area (Å²) in [7, 11) is 3.23. The van der Waals surface area contributed by atoms with Crippen molar-refractivity contribution in [3.05, 3.63) is 66.7 Å². The molecule has 3 aromatic carbocycles. The van der Waals surface area contributed by atoms with Gasteiger partial charge in [0.2, 0.25) is 5.91 Å². The van der Waals surface area contributed by atoms with Crippen molar-refractivity contribution >= 4 is 51.9 Å². The Labute approximate surface area is 250 Å². The molecule has 1 fully saturated rings. The summed E-state index contributed by atoms with van der Waals surface area (Å²) in [6.07, 6.45) is 0. The predicted octanol–water partition coefficient (Wildman–Crippen LogP) is 5.47. The molecule has 0 radical (unpaired) electrons. The molecule has 5 rings (SSSR count). The number of amides is 1. The fourth-order valence-corrected chi connectivity index (χ4v) is 5.45. The van der Waals surface area contributed by atoms with Gasteiger partial charge in [-0.05, 0) is 56.1 Å². The number of piperazine rings is 1. The van der Waals surface area contributed by atoms with Crippen molar-refractivity contribution in [3.8, 4) is 11.5 Å². The third-order valence-corrected chi connectivity index (χ3v) is 7.86. The zero-order valence-electron chi connectivity index (χ0n) is 24.4. The van der Waals surface area contributed by atoms with Crippen LogP contribution in [0.4, 0.5) is 23.0 Å². The smallest absolute Gasteiger partial charge is 0.238 e. The Hall–Kier alpha value is -4.06. The number of fused-ring (bicyclic) bond motifs is 1. The van der Waals surface area contributed by atoms with Crippen LogP contribution >= 0.6 is 11.9 Å². The molecule has 10 nitrogen and oxygen atoms in total. The first-order valence-corrected chi connectivity index (χ1v) is 14.8. The summed E-state index contributed by atoms with van der Waals surface area (Å²) in [4.78, 5) is 28.0. The number of nitrogens with one attached hydrogen (secondary N) is 3. The fourth-order valence-electron chi connectivity index (χ4n) is 4.76. The van der Waals surface area contributed by atoms with Gasteiger partial charge < -0.3 is 24.8 Å². The number of hydrogen-bond donors (Lipinski definition) is 3. The van der Waals surface area contributed by atoms with Crippen LogP contribution in [-0.4, -0.2) is 78.7 Å². The Morgan fingerprint density at radius 3 is 2.17 bits per heavy atom. The number of ether oxygens (including phenoxy) is 2. The highest BCUT2D eigenvalue weighted by atomic mass is 32.2. The Morgan fingerprint density at radius 2 is 1.52 bits per heavy atom. The zero-order chi connectivity index (χ0) is 29.5. The number of carbonyl (C=O) groups is 1. The molecular formula is C31H37N7O3S. The molecule has 0 spiro atoms. The van der Waals surface area contributed by atoms with Gasteiger partial charge in [0.1, 0.15) is 11.5 Å². The number of methoxy groups -OCH3 is 2. The first-order valence-electron chi connectivity index (χ1n) is 14.0. The van der Waals surface area contributed by atoms with Crippen molar-refractivity contribution in [2.45, 2.75) is 24.8 Å². The number of benzene rings is 3. The largest absolute Gasteiger partial charge is 0.497 e. The minimum atomic E-state index is -0.0105. The molecule has 0 aliphatic carbocycles. The third kappa shape index (κ3) is 7.61. The minimum absolute atomic E-state index is 0.0105. The lowest BCUT2D eigenvalue weighted by atomic mass is 10.2. The molecule has 1 amide bonds. The summed E-state index contributed by atoms with van der Waals surface area (Å²) in [6.45, 7) is 8.59. The third-order valence-electron chi connectivity index (χ3n) is 7.07. The van der Waals surface area contributed by atoms with Crippen molar-refractivity contribution in [2.24, 2.45) is 0 Å².